The number of aromatic nitrogens is 1. The van der Waals surface area contributed by atoms with E-state index in [0.29, 0.717) is 34.0 Å². The molecule has 5 rings (SSSR count). The van der Waals surface area contributed by atoms with E-state index >= 15 is 4.39 Å². The van der Waals surface area contributed by atoms with E-state index in [9.17, 15) is 10.1 Å². The van der Waals surface area contributed by atoms with Gasteiger partial charge in [-0.1, -0.05) is 6.07 Å². The van der Waals surface area contributed by atoms with Crippen molar-refractivity contribution < 1.29 is 23.4 Å². The average molecular weight is 513 g/mol. The van der Waals surface area contributed by atoms with Crippen LogP contribution >= 0.6 is 0 Å². The van der Waals surface area contributed by atoms with Gasteiger partial charge in [0.05, 0.1) is 29.9 Å². The SMILES string of the molecule is CCOC(=O)[C@@H](OC(C)(C)C)c1c(C)cc2cc(C#N)c(F)cc2c1-c1ccc2c3c(ccnc13)CCO2. The van der Waals surface area contributed by atoms with Crippen LogP contribution in [-0.2, 0) is 20.7 Å². The molecular formula is C31H29FN2O4. The lowest BCUT2D eigenvalue weighted by Crippen LogP contribution is -2.29. The van der Waals surface area contributed by atoms with Crippen molar-refractivity contribution >= 4 is 27.6 Å². The largest absolute Gasteiger partial charge is 0.493 e. The van der Waals surface area contributed by atoms with E-state index in [4.69, 9.17) is 19.2 Å². The fraction of sp³-hybridized carbons (Fsp3) is 0.323. The summed E-state index contributed by atoms with van der Waals surface area (Å²) in [5.41, 5.74) is 3.74. The molecule has 0 unspecified atom stereocenters. The number of nitriles is 1. The molecule has 0 bridgehead atoms. The number of fused-ring (bicyclic) bond motifs is 1. The van der Waals surface area contributed by atoms with E-state index in [1.807, 2.05) is 58.0 Å². The molecule has 0 aliphatic carbocycles. The number of nitrogens with zero attached hydrogens (tertiary/aromatic N) is 2. The minimum atomic E-state index is -1.07. The van der Waals surface area contributed by atoms with Gasteiger partial charge in [0.15, 0.2) is 6.10 Å². The van der Waals surface area contributed by atoms with Gasteiger partial charge in [-0.15, -0.1) is 0 Å². The summed E-state index contributed by atoms with van der Waals surface area (Å²) in [7, 11) is 0. The molecule has 7 heteroatoms. The lowest BCUT2D eigenvalue weighted by Gasteiger charge is -2.30. The van der Waals surface area contributed by atoms with Crippen molar-refractivity contribution in [1.82, 2.24) is 4.98 Å². The average Bonchev–Trinajstić information content (AvgIpc) is 2.87. The molecule has 1 atom stereocenters. The molecule has 4 aromatic rings. The number of aryl methyl sites for hydroxylation is 1. The van der Waals surface area contributed by atoms with Crippen molar-refractivity contribution in [1.29, 1.82) is 5.26 Å². The molecular weight excluding hydrogens is 483 g/mol. The molecule has 0 spiro atoms. The van der Waals surface area contributed by atoms with Crippen molar-refractivity contribution in [2.24, 2.45) is 0 Å². The van der Waals surface area contributed by atoms with E-state index in [1.54, 1.807) is 13.1 Å². The Morgan fingerprint density at radius 3 is 2.74 bits per heavy atom. The maximum absolute atomic E-state index is 15.1. The van der Waals surface area contributed by atoms with Crippen LogP contribution in [0.15, 0.2) is 42.6 Å². The molecule has 194 valence electrons. The summed E-state index contributed by atoms with van der Waals surface area (Å²) in [6, 6.07) is 12.4. The van der Waals surface area contributed by atoms with Gasteiger partial charge in [0, 0.05) is 29.1 Å². The van der Waals surface area contributed by atoms with Crippen molar-refractivity contribution in [3.63, 3.8) is 0 Å². The van der Waals surface area contributed by atoms with Crippen LogP contribution in [0.1, 0.15) is 56.1 Å². The molecule has 6 nitrogen and oxygen atoms in total. The zero-order chi connectivity index (χ0) is 27.2. The zero-order valence-electron chi connectivity index (χ0n) is 22.1. The van der Waals surface area contributed by atoms with Crippen LogP contribution in [-0.4, -0.2) is 29.8 Å². The number of benzene rings is 3. The molecule has 1 aliphatic rings. The van der Waals surface area contributed by atoms with Crippen molar-refractivity contribution in [2.45, 2.75) is 52.7 Å². The first kappa shape index (κ1) is 25.6. The Kier molecular flexibility index (Phi) is 6.54. The van der Waals surface area contributed by atoms with E-state index in [1.165, 1.54) is 12.1 Å². The predicted octanol–water partition coefficient (Wildman–Crippen LogP) is 6.73. The van der Waals surface area contributed by atoms with Crippen LogP contribution in [0.2, 0.25) is 0 Å². The Morgan fingerprint density at radius 2 is 2.03 bits per heavy atom. The Bertz CT molecular complexity index is 1620. The minimum Gasteiger partial charge on any atom is -0.493 e. The molecule has 1 aliphatic heterocycles. The van der Waals surface area contributed by atoms with Crippen molar-refractivity contribution in [3.8, 4) is 22.9 Å². The van der Waals surface area contributed by atoms with Crippen LogP contribution in [0.3, 0.4) is 0 Å². The monoisotopic (exact) mass is 512 g/mol. The highest BCUT2D eigenvalue weighted by Gasteiger charge is 2.34. The number of rotatable bonds is 5. The summed E-state index contributed by atoms with van der Waals surface area (Å²) in [5.74, 6) is -0.429. The first-order valence-corrected chi connectivity index (χ1v) is 12.7. The van der Waals surface area contributed by atoms with Crippen LogP contribution in [0.4, 0.5) is 4.39 Å². The molecule has 0 radical (unpaired) electrons. The number of hydrogen-bond acceptors (Lipinski definition) is 6. The fourth-order valence-corrected chi connectivity index (χ4v) is 5.19. The van der Waals surface area contributed by atoms with Crippen LogP contribution in [0.25, 0.3) is 32.8 Å². The third kappa shape index (κ3) is 4.46. The van der Waals surface area contributed by atoms with Gasteiger partial charge in [-0.05, 0) is 92.4 Å². The molecule has 1 aromatic heterocycles. The summed E-state index contributed by atoms with van der Waals surface area (Å²) in [5, 5.41) is 11.6. The van der Waals surface area contributed by atoms with Crippen molar-refractivity contribution in [2.75, 3.05) is 13.2 Å². The Labute approximate surface area is 221 Å². The molecule has 38 heavy (non-hydrogen) atoms. The fourth-order valence-electron chi connectivity index (χ4n) is 5.19. The van der Waals surface area contributed by atoms with Gasteiger partial charge < -0.3 is 14.2 Å². The Balaban J connectivity index is 1.93. The number of ether oxygens (including phenoxy) is 3. The summed E-state index contributed by atoms with van der Waals surface area (Å²) in [4.78, 5) is 18.1. The third-order valence-corrected chi connectivity index (χ3v) is 6.67. The van der Waals surface area contributed by atoms with E-state index in [2.05, 4.69) is 0 Å². The van der Waals surface area contributed by atoms with Gasteiger partial charge >= 0.3 is 5.97 Å². The van der Waals surface area contributed by atoms with Gasteiger partial charge in [0.25, 0.3) is 0 Å². The predicted molar refractivity (Wildman–Crippen MR) is 144 cm³/mol. The second kappa shape index (κ2) is 9.70. The van der Waals surface area contributed by atoms with E-state index in [-0.39, 0.29) is 12.2 Å². The summed E-state index contributed by atoms with van der Waals surface area (Å²) in [6.07, 6.45) is 1.43. The van der Waals surface area contributed by atoms with Crippen LogP contribution in [0, 0.1) is 24.1 Å². The normalized spacial score (nSPS) is 13.7. The molecule has 0 N–H and O–H groups in total. The first-order valence-electron chi connectivity index (χ1n) is 12.7. The van der Waals surface area contributed by atoms with E-state index in [0.717, 1.165) is 34.2 Å². The van der Waals surface area contributed by atoms with Gasteiger partial charge in [-0.2, -0.15) is 5.26 Å². The molecule has 3 aromatic carbocycles. The molecule has 0 saturated heterocycles. The number of halogens is 1. The summed E-state index contributed by atoms with van der Waals surface area (Å²) in [6.45, 7) is 10.0. The topological polar surface area (TPSA) is 81.4 Å². The van der Waals surface area contributed by atoms with Gasteiger partial charge in [0.2, 0.25) is 0 Å². The highest BCUT2D eigenvalue weighted by Crippen LogP contribution is 2.45. The van der Waals surface area contributed by atoms with Crippen molar-refractivity contribution in [3.05, 3.63) is 70.7 Å². The summed E-state index contributed by atoms with van der Waals surface area (Å²) < 4.78 is 32.8. The molecule has 0 fully saturated rings. The highest BCUT2D eigenvalue weighted by molar-refractivity contribution is 6.09. The second-order valence-electron chi connectivity index (χ2n) is 10.4. The first-order chi connectivity index (χ1) is 18.1. The van der Waals surface area contributed by atoms with E-state index < -0.39 is 23.5 Å². The number of esters is 1. The molecule has 0 amide bonds. The number of carbonyl (C=O) groups is 1. The quantitative estimate of drug-likeness (QED) is 0.276. The maximum atomic E-state index is 15.1. The highest BCUT2D eigenvalue weighted by atomic mass is 19.1. The van der Waals surface area contributed by atoms with Gasteiger partial charge in [-0.25, -0.2) is 9.18 Å². The zero-order valence-corrected chi connectivity index (χ0v) is 22.1. The lowest BCUT2D eigenvalue weighted by atomic mass is 9.85. The van der Waals surface area contributed by atoms with Crippen LogP contribution < -0.4 is 4.74 Å². The standard InChI is InChI=1S/C31H29FN2O4/c1-6-36-30(35)29(38-31(3,4)5)25-17(2)13-19-14-20(16-33)23(32)15-22(19)27(25)21-7-8-24-26-18(10-12-37-24)9-11-34-28(21)26/h7-9,11,13-15,29H,6,10,12H2,1-5H3/t29-/m0/s1. The maximum Gasteiger partial charge on any atom is 0.339 e. The van der Waals surface area contributed by atoms with Crippen LogP contribution in [0.5, 0.6) is 5.75 Å². The van der Waals surface area contributed by atoms with Gasteiger partial charge in [-0.3, -0.25) is 4.98 Å². The third-order valence-electron chi connectivity index (χ3n) is 6.67. The molecule has 2 heterocycles. The number of pyridine rings is 1. The molecule has 0 saturated carbocycles. The number of hydrogen-bond donors (Lipinski definition) is 0. The smallest absolute Gasteiger partial charge is 0.339 e. The lowest BCUT2D eigenvalue weighted by molar-refractivity contribution is -0.166. The summed E-state index contributed by atoms with van der Waals surface area (Å²) >= 11 is 0. The Morgan fingerprint density at radius 1 is 1.24 bits per heavy atom. The second-order valence-corrected chi connectivity index (χ2v) is 10.4. The Hall–Kier alpha value is -4.02. The van der Waals surface area contributed by atoms with Gasteiger partial charge in [0.1, 0.15) is 17.6 Å². The minimum absolute atomic E-state index is 0.0492. The number of carbonyl (C=O) groups excluding carboxylic acids is 1.